The molecular weight excluding hydrogens is 292 g/mol. The van der Waals surface area contributed by atoms with E-state index in [2.05, 4.69) is 15.9 Å². The number of nitrogens with two attached hydrogens (primary N) is 1. The van der Waals surface area contributed by atoms with Crippen LogP contribution in [0.15, 0.2) is 22.7 Å². The van der Waals surface area contributed by atoms with E-state index in [1.807, 2.05) is 13.0 Å². The fraction of sp³-hybridized carbons (Fsp3) is 0.500. The van der Waals surface area contributed by atoms with Gasteiger partial charge in [-0.05, 0) is 36.6 Å². The van der Waals surface area contributed by atoms with Crippen LogP contribution in [0.1, 0.15) is 18.9 Å². The van der Waals surface area contributed by atoms with Crippen molar-refractivity contribution in [2.45, 2.75) is 32.2 Å². The predicted molar refractivity (Wildman–Crippen MR) is 67.6 cm³/mol. The second-order valence-electron chi connectivity index (χ2n) is 3.83. The van der Waals surface area contributed by atoms with E-state index in [9.17, 15) is 8.78 Å². The van der Waals surface area contributed by atoms with Gasteiger partial charge in [0.25, 0.3) is 6.43 Å². The Hall–Kier alpha value is -0.680. The van der Waals surface area contributed by atoms with Crippen molar-refractivity contribution in [3.8, 4) is 5.75 Å². The normalized spacial score (nSPS) is 12.8. The third kappa shape index (κ3) is 5.00. The van der Waals surface area contributed by atoms with E-state index in [0.29, 0.717) is 12.2 Å². The number of halogens is 3. The van der Waals surface area contributed by atoms with E-state index >= 15 is 0 Å². The van der Waals surface area contributed by atoms with Crippen molar-refractivity contribution >= 4 is 15.9 Å². The molecule has 0 saturated carbocycles. The summed E-state index contributed by atoms with van der Waals surface area (Å²) in [5.74, 6) is 0.484. The first-order valence-electron chi connectivity index (χ1n) is 5.47. The topological polar surface area (TPSA) is 35.2 Å². The molecule has 1 unspecified atom stereocenters. The molecule has 0 spiro atoms. The van der Waals surface area contributed by atoms with Crippen LogP contribution in [0, 0.1) is 0 Å². The van der Waals surface area contributed by atoms with E-state index < -0.39 is 13.0 Å². The van der Waals surface area contributed by atoms with Crippen LogP contribution < -0.4 is 10.5 Å². The lowest BCUT2D eigenvalue weighted by molar-refractivity contribution is 0.0814. The molecule has 0 aliphatic carbocycles. The Morgan fingerprint density at radius 2 is 2.12 bits per heavy atom. The Morgan fingerprint density at radius 1 is 1.41 bits per heavy atom. The van der Waals surface area contributed by atoms with Gasteiger partial charge in [-0.2, -0.15) is 0 Å². The molecule has 17 heavy (non-hydrogen) atoms. The van der Waals surface area contributed by atoms with E-state index in [4.69, 9.17) is 10.5 Å². The Morgan fingerprint density at radius 3 is 2.71 bits per heavy atom. The van der Waals surface area contributed by atoms with Crippen LogP contribution >= 0.6 is 15.9 Å². The van der Waals surface area contributed by atoms with Crippen molar-refractivity contribution in [1.29, 1.82) is 0 Å². The maximum absolute atomic E-state index is 12.1. The molecule has 0 saturated heterocycles. The van der Waals surface area contributed by atoms with Gasteiger partial charge in [0.2, 0.25) is 0 Å². The smallest absolute Gasteiger partial charge is 0.272 e. The zero-order valence-corrected chi connectivity index (χ0v) is 11.2. The summed E-state index contributed by atoms with van der Waals surface area (Å²) >= 11 is 3.34. The van der Waals surface area contributed by atoms with E-state index in [0.717, 1.165) is 16.5 Å². The fourth-order valence-electron chi connectivity index (χ4n) is 1.43. The van der Waals surface area contributed by atoms with Crippen LogP contribution in [-0.2, 0) is 6.42 Å². The summed E-state index contributed by atoms with van der Waals surface area (Å²) in [6.07, 6.45) is -1.01. The molecule has 0 radical (unpaired) electrons. The third-order valence-corrected chi connectivity index (χ3v) is 2.89. The third-order valence-electron chi connectivity index (χ3n) is 2.39. The zero-order valence-electron chi connectivity index (χ0n) is 9.63. The minimum atomic E-state index is -2.47. The first-order valence-corrected chi connectivity index (χ1v) is 6.27. The summed E-state index contributed by atoms with van der Waals surface area (Å²) in [4.78, 5) is 0. The van der Waals surface area contributed by atoms with Crippen molar-refractivity contribution in [3.05, 3.63) is 28.2 Å². The molecule has 2 nitrogen and oxygen atoms in total. The average molecular weight is 308 g/mol. The van der Waals surface area contributed by atoms with Crippen LogP contribution in [0.5, 0.6) is 5.75 Å². The number of hydrogen-bond acceptors (Lipinski definition) is 2. The van der Waals surface area contributed by atoms with Gasteiger partial charge in [0.15, 0.2) is 0 Å². The monoisotopic (exact) mass is 307 g/mol. The van der Waals surface area contributed by atoms with Crippen LogP contribution in [0.2, 0.25) is 0 Å². The molecule has 0 aromatic heterocycles. The quantitative estimate of drug-likeness (QED) is 0.874. The van der Waals surface area contributed by atoms with Gasteiger partial charge >= 0.3 is 0 Å². The van der Waals surface area contributed by atoms with Crippen molar-refractivity contribution in [2.75, 3.05) is 6.61 Å². The maximum atomic E-state index is 12.1. The van der Waals surface area contributed by atoms with Crippen LogP contribution in [-0.4, -0.2) is 19.1 Å². The van der Waals surface area contributed by atoms with Crippen molar-refractivity contribution in [1.82, 2.24) is 0 Å². The molecule has 0 amide bonds. The van der Waals surface area contributed by atoms with E-state index in [1.54, 1.807) is 12.1 Å². The van der Waals surface area contributed by atoms with Crippen molar-refractivity contribution in [2.24, 2.45) is 5.73 Å². The summed E-state index contributed by atoms with van der Waals surface area (Å²) in [5, 5.41) is 0. The fourth-order valence-corrected chi connectivity index (χ4v) is 1.84. The van der Waals surface area contributed by atoms with Gasteiger partial charge in [0.1, 0.15) is 12.4 Å². The lowest BCUT2D eigenvalue weighted by Gasteiger charge is -2.14. The molecule has 0 bridgehead atoms. The number of rotatable bonds is 6. The molecule has 1 aromatic carbocycles. The lowest BCUT2D eigenvalue weighted by atomic mass is 10.0. The molecule has 5 heteroatoms. The number of ether oxygens (including phenoxy) is 1. The lowest BCUT2D eigenvalue weighted by Crippen LogP contribution is -2.22. The molecule has 0 heterocycles. The highest BCUT2D eigenvalue weighted by Crippen LogP contribution is 2.25. The van der Waals surface area contributed by atoms with Crippen molar-refractivity contribution in [3.63, 3.8) is 0 Å². The van der Waals surface area contributed by atoms with E-state index in [-0.39, 0.29) is 6.04 Å². The molecular formula is C12H16BrF2NO. The van der Waals surface area contributed by atoms with Gasteiger partial charge in [-0.25, -0.2) is 8.78 Å². The van der Waals surface area contributed by atoms with Gasteiger partial charge in [0.05, 0.1) is 0 Å². The van der Waals surface area contributed by atoms with Gasteiger partial charge in [-0.15, -0.1) is 0 Å². The predicted octanol–water partition coefficient (Wildman–Crippen LogP) is 3.37. The van der Waals surface area contributed by atoms with Gasteiger partial charge < -0.3 is 10.5 Å². The Bertz CT molecular complexity index is 360. The van der Waals surface area contributed by atoms with Crippen LogP contribution in [0.3, 0.4) is 0 Å². The zero-order chi connectivity index (χ0) is 12.8. The maximum Gasteiger partial charge on any atom is 0.272 e. The Balaban J connectivity index is 2.79. The number of alkyl halides is 2. The highest BCUT2D eigenvalue weighted by Gasteiger charge is 2.11. The van der Waals surface area contributed by atoms with Gasteiger partial charge in [-0.1, -0.05) is 22.9 Å². The molecule has 1 atom stereocenters. The average Bonchev–Trinajstić information content (AvgIpc) is 2.27. The minimum absolute atomic E-state index is 0.0122. The second kappa shape index (κ2) is 6.91. The van der Waals surface area contributed by atoms with Gasteiger partial charge in [0, 0.05) is 10.5 Å². The molecule has 0 aliphatic rings. The van der Waals surface area contributed by atoms with Crippen molar-refractivity contribution < 1.29 is 13.5 Å². The standard InChI is InChI=1S/C12H16BrF2NO/c1-2-10(16)6-8-5-9(13)3-4-11(8)17-7-12(14)15/h3-5,10,12H,2,6-7,16H2,1H3. The highest BCUT2D eigenvalue weighted by atomic mass is 79.9. The molecule has 0 aliphatic heterocycles. The molecule has 2 N–H and O–H groups in total. The SMILES string of the molecule is CCC(N)Cc1cc(Br)ccc1OCC(F)F. The Kier molecular flexibility index (Phi) is 5.85. The Labute approximate surface area is 108 Å². The second-order valence-corrected chi connectivity index (χ2v) is 4.74. The minimum Gasteiger partial charge on any atom is -0.487 e. The first-order chi connectivity index (χ1) is 8.02. The summed E-state index contributed by atoms with van der Waals surface area (Å²) < 4.78 is 30.2. The van der Waals surface area contributed by atoms with E-state index in [1.165, 1.54) is 0 Å². The van der Waals surface area contributed by atoms with Crippen LogP contribution in [0.25, 0.3) is 0 Å². The van der Waals surface area contributed by atoms with Gasteiger partial charge in [-0.3, -0.25) is 0 Å². The molecule has 1 rings (SSSR count). The molecule has 96 valence electrons. The summed E-state index contributed by atoms with van der Waals surface area (Å²) in [5.41, 5.74) is 6.72. The summed E-state index contributed by atoms with van der Waals surface area (Å²) in [6.45, 7) is 1.40. The summed E-state index contributed by atoms with van der Waals surface area (Å²) in [7, 11) is 0. The number of hydrogen-bond donors (Lipinski definition) is 1. The number of benzene rings is 1. The summed E-state index contributed by atoms with van der Waals surface area (Å²) in [6, 6.07) is 5.32. The molecule has 1 aromatic rings. The molecule has 0 fully saturated rings. The van der Waals surface area contributed by atoms with Crippen LogP contribution in [0.4, 0.5) is 8.78 Å². The largest absolute Gasteiger partial charge is 0.487 e. The first kappa shape index (κ1) is 14.4. The highest BCUT2D eigenvalue weighted by molar-refractivity contribution is 9.10.